The Morgan fingerprint density at radius 3 is 2.59 bits per heavy atom. The van der Waals surface area contributed by atoms with Crippen LogP contribution in [0, 0.1) is 0 Å². The van der Waals surface area contributed by atoms with E-state index >= 15 is 0 Å². The Kier molecular flexibility index (Phi) is 4.76. The van der Waals surface area contributed by atoms with Crippen molar-refractivity contribution in [3.8, 4) is 5.69 Å². The molecular weight excluding hydrogens is 362 g/mol. The van der Waals surface area contributed by atoms with Crippen LogP contribution in [0.15, 0.2) is 87.1 Å². The van der Waals surface area contributed by atoms with Crippen LogP contribution in [0.3, 0.4) is 0 Å². The zero-order valence-electron chi connectivity index (χ0n) is 14.2. The number of carbonyl (C=O) groups excluding carboxylic acids is 1. The van der Waals surface area contributed by atoms with E-state index in [1.807, 2.05) is 72.8 Å². The monoisotopic (exact) mass is 378 g/mol. The van der Waals surface area contributed by atoms with E-state index in [9.17, 15) is 9.59 Å². The molecule has 0 saturated heterocycles. The number of rotatable bonds is 5. The molecule has 1 aromatic heterocycles. The molecule has 6 nitrogen and oxygen atoms in total. The van der Waals surface area contributed by atoms with Crippen molar-refractivity contribution in [2.75, 3.05) is 11.1 Å². The molecule has 4 aromatic rings. The van der Waals surface area contributed by atoms with Gasteiger partial charge in [0.1, 0.15) is 0 Å². The second kappa shape index (κ2) is 7.51. The van der Waals surface area contributed by atoms with Crippen LogP contribution in [0.1, 0.15) is 0 Å². The Balaban J connectivity index is 1.50. The molecule has 3 aromatic carbocycles. The molecule has 4 rings (SSSR count). The maximum Gasteiger partial charge on any atom is 0.442 e. The quantitative estimate of drug-likeness (QED) is 0.413. The number of para-hydroxylation sites is 1. The minimum absolute atomic E-state index is 0.0820. The number of thioether (sulfide) groups is 1. The van der Waals surface area contributed by atoms with Crippen LogP contribution in [-0.4, -0.2) is 16.9 Å². The third-order valence-electron chi connectivity index (χ3n) is 4.03. The number of benzene rings is 3. The first-order valence-electron chi connectivity index (χ1n) is 8.32. The smallest absolute Gasteiger partial charge is 0.325 e. The SMILES string of the molecule is O=C(CSc1c(=O)o[nH][n+]1-c1ccccc1)Nc1cccc2ccccc12. The zero-order valence-corrected chi connectivity index (χ0v) is 15.0. The number of nitrogens with one attached hydrogen (secondary N) is 2. The van der Waals surface area contributed by atoms with Gasteiger partial charge in [0, 0.05) is 23.2 Å². The molecule has 0 unspecified atom stereocenters. The Morgan fingerprint density at radius 1 is 1.00 bits per heavy atom. The molecule has 0 fully saturated rings. The molecule has 0 saturated carbocycles. The first-order valence-corrected chi connectivity index (χ1v) is 9.30. The van der Waals surface area contributed by atoms with E-state index in [4.69, 9.17) is 4.52 Å². The first kappa shape index (κ1) is 17.1. The number of aromatic nitrogens is 2. The number of nitrogens with zero attached hydrogens (tertiary/aromatic N) is 1. The van der Waals surface area contributed by atoms with E-state index in [1.54, 1.807) is 0 Å². The summed E-state index contributed by atoms with van der Waals surface area (Å²) < 4.78 is 6.41. The van der Waals surface area contributed by atoms with Crippen LogP contribution >= 0.6 is 11.8 Å². The van der Waals surface area contributed by atoms with Gasteiger partial charge in [0.15, 0.2) is 0 Å². The van der Waals surface area contributed by atoms with E-state index in [0.29, 0.717) is 5.03 Å². The van der Waals surface area contributed by atoms with Gasteiger partial charge in [-0.15, -0.1) is 0 Å². The first-order chi connectivity index (χ1) is 13.2. The maximum absolute atomic E-state index is 12.4. The molecule has 27 heavy (non-hydrogen) atoms. The third kappa shape index (κ3) is 3.63. The number of fused-ring (bicyclic) bond motifs is 1. The van der Waals surface area contributed by atoms with Gasteiger partial charge in [0.2, 0.25) is 11.6 Å². The molecule has 2 N–H and O–H groups in total. The highest BCUT2D eigenvalue weighted by molar-refractivity contribution is 7.99. The third-order valence-corrected chi connectivity index (χ3v) is 5.05. The predicted octanol–water partition coefficient (Wildman–Crippen LogP) is 3.13. The van der Waals surface area contributed by atoms with Crippen LogP contribution in [0.4, 0.5) is 5.69 Å². The molecule has 0 aliphatic carbocycles. The van der Waals surface area contributed by atoms with Crippen LogP contribution < -0.4 is 15.6 Å². The van der Waals surface area contributed by atoms with Crippen LogP contribution in [0.25, 0.3) is 16.5 Å². The van der Waals surface area contributed by atoms with Gasteiger partial charge in [-0.1, -0.05) is 54.6 Å². The fourth-order valence-corrected chi connectivity index (χ4v) is 3.56. The van der Waals surface area contributed by atoms with Crippen molar-refractivity contribution in [3.05, 3.63) is 83.2 Å². The van der Waals surface area contributed by atoms with E-state index < -0.39 is 5.63 Å². The number of anilines is 1. The largest absolute Gasteiger partial charge is 0.442 e. The van der Waals surface area contributed by atoms with Gasteiger partial charge in [0.05, 0.1) is 5.75 Å². The summed E-state index contributed by atoms with van der Waals surface area (Å²) in [5.74, 6) is -0.116. The normalized spacial score (nSPS) is 10.8. The average Bonchev–Trinajstić information content (AvgIpc) is 3.08. The number of amides is 1. The van der Waals surface area contributed by atoms with Crippen LogP contribution in [0.5, 0.6) is 0 Å². The highest BCUT2D eigenvalue weighted by Crippen LogP contribution is 2.23. The summed E-state index contributed by atoms with van der Waals surface area (Å²) in [6.45, 7) is 0. The van der Waals surface area contributed by atoms with E-state index in [2.05, 4.69) is 10.6 Å². The van der Waals surface area contributed by atoms with Gasteiger partial charge in [-0.25, -0.2) is 4.79 Å². The van der Waals surface area contributed by atoms with Gasteiger partial charge in [0.25, 0.3) is 0 Å². The minimum atomic E-state index is -0.512. The van der Waals surface area contributed by atoms with Crippen molar-refractivity contribution in [2.45, 2.75) is 5.03 Å². The molecule has 0 aliphatic rings. The molecule has 0 atom stereocenters. The van der Waals surface area contributed by atoms with E-state index in [-0.39, 0.29) is 11.7 Å². The maximum atomic E-state index is 12.4. The lowest BCUT2D eigenvalue weighted by Crippen LogP contribution is -2.36. The Bertz CT molecular complexity index is 1150. The van der Waals surface area contributed by atoms with Crippen molar-refractivity contribution in [2.24, 2.45) is 0 Å². The van der Waals surface area contributed by atoms with E-state index in [0.717, 1.165) is 33.9 Å². The molecule has 7 heteroatoms. The van der Waals surface area contributed by atoms with Gasteiger partial charge < -0.3 is 5.32 Å². The summed E-state index contributed by atoms with van der Waals surface area (Å²) in [5.41, 5.74) is 0.984. The number of hydrogen-bond acceptors (Lipinski definition) is 4. The molecule has 0 radical (unpaired) electrons. The fourth-order valence-electron chi connectivity index (χ4n) is 2.79. The summed E-state index contributed by atoms with van der Waals surface area (Å²) in [6.07, 6.45) is 0. The van der Waals surface area contributed by atoms with Gasteiger partial charge in [-0.3, -0.25) is 9.32 Å². The van der Waals surface area contributed by atoms with Gasteiger partial charge in [-0.2, -0.15) is 0 Å². The fraction of sp³-hybridized carbons (Fsp3) is 0.0500. The van der Waals surface area contributed by atoms with Gasteiger partial charge in [-0.05, 0) is 33.2 Å². The summed E-state index contributed by atoms with van der Waals surface area (Å²) in [5, 5.41) is 7.82. The second-order valence-corrected chi connectivity index (χ2v) is 6.78. The molecule has 0 spiro atoms. The number of carbonyl (C=O) groups is 1. The summed E-state index contributed by atoms with van der Waals surface area (Å²) in [6, 6.07) is 22.9. The molecular formula is C20H16N3O3S+. The van der Waals surface area contributed by atoms with Crippen molar-refractivity contribution < 1.29 is 14.0 Å². The van der Waals surface area contributed by atoms with Crippen LogP contribution in [-0.2, 0) is 4.79 Å². The predicted molar refractivity (Wildman–Crippen MR) is 104 cm³/mol. The lowest BCUT2D eigenvalue weighted by atomic mass is 10.1. The number of hydrogen-bond donors (Lipinski definition) is 2. The standard InChI is InChI=1S/C20H15N3O3S/c24-18(21-17-12-6-8-14-7-4-5-11-16(14)17)13-27-19-20(25)26-22-23(19)15-9-2-1-3-10-15/h1-12H,13H2,(H-,21,22,24,25)/p+1. The molecule has 1 heterocycles. The van der Waals surface area contributed by atoms with Crippen LogP contribution in [0.2, 0.25) is 0 Å². The highest BCUT2D eigenvalue weighted by Gasteiger charge is 2.24. The highest BCUT2D eigenvalue weighted by atomic mass is 32.2. The summed E-state index contributed by atoms with van der Waals surface area (Å²) in [4.78, 5) is 24.4. The van der Waals surface area contributed by atoms with Gasteiger partial charge >= 0.3 is 10.7 Å². The zero-order chi connectivity index (χ0) is 18.6. The molecule has 0 aliphatic heterocycles. The van der Waals surface area contributed by atoms with Crippen molar-refractivity contribution in [1.29, 1.82) is 0 Å². The number of aromatic amines is 1. The lowest BCUT2D eigenvalue weighted by Gasteiger charge is -2.07. The average molecular weight is 378 g/mol. The topological polar surface area (TPSA) is 79.0 Å². The van der Waals surface area contributed by atoms with E-state index in [1.165, 1.54) is 4.68 Å². The van der Waals surface area contributed by atoms with Crippen molar-refractivity contribution in [3.63, 3.8) is 0 Å². The molecule has 0 bridgehead atoms. The second-order valence-electron chi connectivity index (χ2n) is 5.82. The van der Waals surface area contributed by atoms with Crippen molar-refractivity contribution >= 4 is 34.1 Å². The Hall–Kier alpha value is -3.32. The molecule has 1 amide bonds. The lowest BCUT2D eigenvalue weighted by molar-refractivity contribution is -0.704. The Labute approximate surface area is 158 Å². The number of H-pyrrole nitrogens is 1. The summed E-state index contributed by atoms with van der Waals surface area (Å²) in [7, 11) is 0. The Morgan fingerprint density at radius 2 is 1.74 bits per heavy atom. The minimum Gasteiger partial charge on any atom is -0.325 e. The molecule has 134 valence electrons. The van der Waals surface area contributed by atoms with Crippen molar-refractivity contribution in [1.82, 2.24) is 5.27 Å². The summed E-state index contributed by atoms with van der Waals surface area (Å²) >= 11 is 1.12.